The molecule has 1 aromatic heterocycles. The van der Waals surface area contributed by atoms with Crippen LogP contribution < -0.4 is 5.32 Å². The first-order chi connectivity index (χ1) is 10.8. The van der Waals surface area contributed by atoms with Gasteiger partial charge in [0.2, 0.25) is 0 Å². The van der Waals surface area contributed by atoms with Gasteiger partial charge in [0.05, 0.1) is 23.6 Å². The lowest BCUT2D eigenvalue weighted by Crippen LogP contribution is -2.04. The number of aromatic nitrogens is 2. The van der Waals surface area contributed by atoms with Crippen molar-refractivity contribution in [2.75, 3.05) is 5.32 Å². The highest BCUT2D eigenvalue weighted by atomic mass is 19.1. The van der Waals surface area contributed by atoms with Crippen molar-refractivity contribution < 1.29 is 4.39 Å². The molecule has 0 aliphatic rings. The maximum Gasteiger partial charge on any atom is 0.143 e. The quantitative estimate of drug-likeness (QED) is 0.800. The molecule has 0 saturated carbocycles. The summed E-state index contributed by atoms with van der Waals surface area (Å²) < 4.78 is 15.3. The van der Waals surface area contributed by atoms with Crippen molar-refractivity contribution >= 4 is 5.69 Å². The predicted octanol–water partition coefficient (Wildman–Crippen LogP) is 3.50. The van der Waals surface area contributed by atoms with E-state index in [1.807, 2.05) is 48.7 Å². The summed E-state index contributed by atoms with van der Waals surface area (Å²) in [6, 6.07) is 18.0. The van der Waals surface area contributed by atoms with Crippen molar-refractivity contribution in [1.29, 1.82) is 5.26 Å². The van der Waals surface area contributed by atoms with E-state index in [9.17, 15) is 4.39 Å². The van der Waals surface area contributed by atoms with E-state index in [4.69, 9.17) is 5.26 Å². The van der Waals surface area contributed by atoms with Crippen LogP contribution in [0, 0.1) is 17.1 Å². The maximum atomic E-state index is 13.5. The van der Waals surface area contributed by atoms with Gasteiger partial charge in [0, 0.05) is 6.20 Å². The average molecular weight is 292 g/mol. The van der Waals surface area contributed by atoms with E-state index >= 15 is 0 Å². The molecule has 3 rings (SSSR count). The van der Waals surface area contributed by atoms with Crippen molar-refractivity contribution in [3.8, 4) is 11.8 Å². The van der Waals surface area contributed by atoms with Gasteiger partial charge in [0.25, 0.3) is 0 Å². The van der Waals surface area contributed by atoms with Gasteiger partial charge in [-0.2, -0.15) is 10.4 Å². The zero-order chi connectivity index (χ0) is 15.4. The molecule has 108 valence electrons. The van der Waals surface area contributed by atoms with Gasteiger partial charge in [-0.05, 0) is 30.3 Å². The second-order valence-electron chi connectivity index (χ2n) is 4.71. The van der Waals surface area contributed by atoms with E-state index in [0.717, 1.165) is 11.4 Å². The molecule has 2 aromatic carbocycles. The molecule has 3 aromatic rings. The Bertz CT molecular complexity index is 818. The molecule has 1 heterocycles. The lowest BCUT2D eigenvalue weighted by molar-refractivity contribution is 0.624. The summed E-state index contributed by atoms with van der Waals surface area (Å²) in [6.45, 7) is 0.415. The minimum Gasteiger partial charge on any atom is -0.378 e. The number of anilines is 1. The largest absolute Gasteiger partial charge is 0.378 e. The number of nitrogens with one attached hydrogen (secondary N) is 1. The molecular formula is C17H13FN4. The molecule has 0 unspecified atom stereocenters. The Morgan fingerprint density at radius 1 is 1.09 bits per heavy atom. The van der Waals surface area contributed by atoms with Crippen LogP contribution in [0.15, 0.2) is 60.8 Å². The fraction of sp³-hybridized carbons (Fsp3) is 0.0588. The summed E-state index contributed by atoms with van der Waals surface area (Å²) in [5, 5.41) is 16.5. The van der Waals surface area contributed by atoms with Crippen LogP contribution in [0.4, 0.5) is 10.1 Å². The van der Waals surface area contributed by atoms with Crippen LogP contribution in [-0.2, 0) is 6.54 Å². The molecule has 0 spiro atoms. The third-order valence-corrected chi connectivity index (χ3v) is 3.25. The van der Waals surface area contributed by atoms with Crippen molar-refractivity contribution in [1.82, 2.24) is 9.78 Å². The Balaban J connectivity index is 1.75. The van der Waals surface area contributed by atoms with E-state index < -0.39 is 5.82 Å². The molecule has 0 amide bonds. The van der Waals surface area contributed by atoms with Crippen molar-refractivity contribution in [3.63, 3.8) is 0 Å². The molecular weight excluding hydrogens is 279 g/mol. The summed E-state index contributed by atoms with van der Waals surface area (Å²) in [5.41, 5.74) is 2.26. The molecule has 5 heteroatoms. The van der Waals surface area contributed by atoms with Crippen molar-refractivity contribution in [2.45, 2.75) is 6.54 Å². The van der Waals surface area contributed by atoms with E-state index in [0.29, 0.717) is 12.2 Å². The Morgan fingerprint density at radius 3 is 2.68 bits per heavy atom. The first-order valence-corrected chi connectivity index (χ1v) is 6.80. The predicted molar refractivity (Wildman–Crippen MR) is 82.0 cm³/mol. The Hall–Kier alpha value is -3.13. The fourth-order valence-corrected chi connectivity index (χ4v) is 2.15. The number of halogens is 1. The molecule has 0 fully saturated rings. The van der Waals surface area contributed by atoms with Crippen molar-refractivity contribution in [3.05, 3.63) is 77.9 Å². The monoisotopic (exact) mass is 292 g/mol. The van der Waals surface area contributed by atoms with Crippen LogP contribution in [0.1, 0.15) is 11.3 Å². The minimum atomic E-state index is -0.526. The molecule has 22 heavy (non-hydrogen) atoms. The van der Waals surface area contributed by atoms with Gasteiger partial charge in [0.15, 0.2) is 0 Å². The summed E-state index contributed by atoms with van der Waals surface area (Å²) in [6.07, 6.45) is 1.86. The van der Waals surface area contributed by atoms with Crippen LogP contribution in [0.5, 0.6) is 0 Å². The molecule has 0 atom stereocenters. The SMILES string of the molecule is N#Cc1c(F)cccc1NCc1ccn(-c2ccccc2)n1. The minimum absolute atomic E-state index is 0.0185. The normalized spacial score (nSPS) is 10.2. The van der Waals surface area contributed by atoms with Gasteiger partial charge in [-0.1, -0.05) is 24.3 Å². The van der Waals surface area contributed by atoms with Gasteiger partial charge >= 0.3 is 0 Å². The van der Waals surface area contributed by atoms with Crippen molar-refractivity contribution in [2.24, 2.45) is 0 Å². The highest BCUT2D eigenvalue weighted by Crippen LogP contribution is 2.18. The average Bonchev–Trinajstić information content (AvgIpc) is 3.03. The summed E-state index contributed by atoms with van der Waals surface area (Å²) in [7, 11) is 0. The standard InChI is InChI=1S/C17H13FN4/c18-16-7-4-8-17(15(16)11-19)20-12-13-9-10-22(21-13)14-5-2-1-3-6-14/h1-10,20H,12H2. The van der Waals surface area contributed by atoms with E-state index in [1.165, 1.54) is 6.07 Å². The summed E-state index contributed by atoms with van der Waals surface area (Å²) in [4.78, 5) is 0. The Morgan fingerprint density at radius 2 is 1.91 bits per heavy atom. The first kappa shape index (κ1) is 13.8. The highest BCUT2D eigenvalue weighted by Gasteiger charge is 2.08. The van der Waals surface area contributed by atoms with Gasteiger partial charge < -0.3 is 5.32 Å². The van der Waals surface area contributed by atoms with E-state index in [-0.39, 0.29) is 5.56 Å². The first-order valence-electron chi connectivity index (χ1n) is 6.80. The Kier molecular flexibility index (Phi) is 3.84. The van der Waals surface area contributed by atoms with Crippen LogP contribution >= 0.6 is 0 Å². The highest BCUT2D eigenvalue weighted by molar-refractivity contribution is 5.57. The summed E-state index contributed by atoms with van der Waals surface area (Å²) in [5.74, 6) is -0.526. The van der Waals surface area contributed by atoms with Gasteiger partial charge in [-0.15, -0.1) is 0 Å². The second-order valence-corrected chi connectivity index (χ2v) is 4.71. The number of para-hydroxylation sites is 1. The van der Waals surface area contributed by atoms with Gasteiger partial charge in [-0.25, -0.2) is 9.07 Å². The number of hydrogen-bond donors (Lipinski definition) is 1. The lowest BCUT2D eigenvalue weighted by Gasteiger charge is -2.07. The molecule has 4 nitrogen and oxygen atoms in total. The number of nitrogens with zero attached hydrogens (tertiary/aromatic N) is 3. The second kappa shape index (κ2) is 6.10. The smallest absolute Gasteiger partial charge is 0.143 e. The zero-order valence-electron chi connectivity index (χ0n) is 11.7. The van der Waals surface area contributed by atoms with Gasteiger partial charge in [0.1, 0.15) is 17.4 Å². The van der Waals surface area contributed by atoms with E-state index in [2.05, 4.69) is 10.4 Å². The van der Waals surface area contributed by atoms with E-state index in [1.54, 1.807) is 16.8 Å². The third-order valence-electron chi connectivity index (χ3n) is 3.25. The number of rotatable bonds is 4. The van der Waals surface area contributed by atoms with Crippen LogP contribution in [0.2, 0.25) is 0 Å². The Labute approximate surface area is 127 Å². The maximum absolute atomic E-state index is 13.5. The lowest BCUT2D eigenvalue weighted by atomic mass is 10.2. The van der Waals surface area contributed by atoms with Gasteiger partial charge in [-0.3, -0.25) is 0 Å². The number of nitriles is 1. The topological polar surface area (TPSA) is 53.6 Å². The fourth-order valence-electron chi connectivity index (χ4n) is 2.15. The number of hydrogen-bond acceptors (Lipinski definition) is 3. The molecule has 0 radical (unpaired) electrons. The molecule has 0 saturated heterocycles. The molecule has 0 aliphatic heterocycles. The van der Waals surface area contributed by atoms with Crippen LogP contribution in [-0.4, -0.2) is 9.78 Å². The van der Waals surface area contributed by atoms with Crippen LogP contribution in [0.25, 0.3) is 5.69 Å². The number of benzene rings is 2. The van der Waals surface area contributed by atoms with Crippen LogP contribution in [0.3, 0.4) is 0 Å². The zero-order valence-corrected chi connectivity index (χ0v) is 11.7. The third kappa shape index (κ3) is 2.81. The summed E-state index contributed by atoms with van der Waals surface area (Å²) >= 11 is 0. The molecule has 0 aliphatic carbocycles. The molecule has 1 N–H and O–H groups in total. The molecule has 0 bridgehead atoms.